The first-order valence-electron chi connectivity index (χ1n) is 7.78. The summed E-state index contributed by atoms with van der Waals surface area (Å²) in [4.78, 5) is 0. The molecule has 1 N–H and O–H groups in total. The van der Waals surface area contributed by atoms with E-state index in [-0.39, 0.29) is 0 Å². The third kappa shape index (κ3) is 3.56. The van der Waals surface area contributed by atoms with Crippen LogP contribution in [0.15, 0.2) is 16.6 Å². The van der Waals surface area contributed by atoms with E-state index in [9.17, 15) is 0 Å². The van der Waals surface area contributed by atoms with Crippen molar-refractivity contribution in [1.29, 1.82) is 0 Å². The van der Waals surface area contributed by atoms with Crippen LogP contribution >= 0.6 is 15.9 Å². The third-order valence-electron chi connectivity index (χ3n) is 4.42. The van der Waals surface area contributed by atoms with Crippen molar-refractivity contribution in [3.05, 3.63) is 27.7 Å². The SMILES string of the molecule is Cc1cc(OCCNC(C2CC2)C2CC2)cc(C)c1Br. The molecule has 0 unspecified atom stereocenters. The number of benzene rings is 1. The zero-order chi connectivity index (χ0) is 14.1. The molecule has 2 saturated carbocycles. The van der Waals surface area contributed by atoms with Gasteiger partial charge in [0, 0.05) is 17.1 Å². The molecule has 0 atom stereocenters. The maximum absolute atomic E-state index is 5.89. The summed E-state index contributed by atoms with van der Waals surface area (Å²) in [6.07, 6.45) is 5.72. The van der Waals surface area contributed by atoms with Gasteiger partial charge >= 0.3 is 0 Å². The molecule has 0 amide bonds. The van der Waals surface area contributed by atoms with Crippen molar-refractivity contribution >= 4 is 15.9 Å². The first kappa shape index (κ1) is 14.4. The lowest BCUT2D eigenvalue weighted by Gasteiger charge is -2.18. The van der Waals surface area contributed by atoms with Gasteiger partial charge in [-0.1, -0.05) is 15.9 Å². The van der Waals surface area contributed by atoms with Gasteiger partial charge in [-0.3, -0.25) is 0 Å². The lowest BCUT2D eigenvalue weighted by molar-refractivity contribution is 0.293. The number of aryl methyl sites for hydroxylation is 2. The molecule has 0 spiro atoms. The molecule has 0 heterocycles. The Morgan fingerprint density at radius 1 is 1.15 bits per heavy atom. The van der Waals surface area contributed by atoms with Crippen molar-refractivity contribution < 1.29 is 4.74 Å². The Kier molecular flexibility index (Phi) is 4.37. The van der Waals surface area contributed by atoms with Crippen LogP contribution in [0, 0.1) is 25.7 Å². The molecule has 0 bridgehead atoms. The Labute approximate surface area is 130 Å². The third-order valence-corrected chi connectivity index (χ3v) is 5.67. The smallest absolute Gasteiger partial charge is 0.119 e. The summed E-state index contributed by atoms with van der Waals surface area (Å²) in [5.74, 6) is 2.90. The molecule has 0 radical (unpaired) electrons. The summed E-state index contributed by atoms with van der Waals surface area (Å²) in [5.41, 5.74) is 2.48. The fourth-order valence-electron chi connectivity index (χ4n) is 3.01. The molecule has 0 saturated heterocycles. The monoisotopic (exact) mass is 337 g/mol. The summed E-state index contributed by atoms with van der Waals surface area (Å²) in [6, 6.07) is 4.99. The Bertz CT molecular complexity index is 445. The predicted molar refractivity (Wildman–Crippen MR) is 86.3 cm³/mol. The van der Waals surface area contributed by atoms with Crippen molar-refractivity contribution in [1.82, 2.24) is 5.32 Å². The van der Waals surface area contributed by atoms with Crippen molar-refractivity contribution in [2.75, 3.05) is 13.2 Å². The Morgan fingerprint density at radius 2 is 1.70 bits per heavy atom. The maximum Gasteiger partial charge on any atom is 0.119 e. The zero-order valence-electron chi connectivity index (χ0n) is 12.4. The van der Waals surface area contributed by atoms with Crippen LogP contribution in [0.25, 0.3) is 0 Å². The van der Waals surface area contributed by atoms with E-state index in [0.717, 1.165) is 36.8 Å². The Balaban J connectivity index is 1.45. The van der Waals surface area contributed by atoms with Gasteiger partial charge in [0.1, 0.15) is 12.4 Å². The van der Waals surface area contributed by atoms with E-state index in [1.165, 1.54) is 41.3 Å². The molecule has 2 nitrogen and oxygen atoms in total. The van der Waals surface area contributed by atoms with Crippen LogP contribution in [0.3, 0.4) is 0 Å². The number of halogens is 1. The molecular weight excluding hydrogens is 314 g/mol. The van der Waals surface area contributed by atoms with E-state index < -0.39 is 0 Å². The van der Waals surface area contributed by atoms with Gasteiger partial charge in [0.15, 0.2) is 0 Å². The second-order valence-corrected chi connectivity index (χ2v) is 7.17. The van der Waals surface area contributed by atoms with Crippen molar-refractivity contribution in [3.63, 3.8) is 0 Å². The summed E-state index contributed by atoms with van der Waals surface area (Å²) >= 11 is 3.59. The van der Waals surface area contributed by atoms with Gasteiger partial charge in [0.05, 0.1) is 0 Å². The van der Waals surface area contributed by atoms with E-state index in [0.29, 0.717) is 0 Å². The first-order valence-corrected chi connectivity index (χ1v) is 8.57. The Morgan fingerprint density at radius 3 is 2.20 bits per heavy atom. The van der Waals surface area contributed by atoms with Gasteiger partial charge in [-0.15, -0.1) is 0 Å². The quantitative estimate of drug-likeness (QED) is 0.752. The van der Waals surface area contributed by atoms with E-state index in [1.54, 1.807) is 0 Å². The molecular formula is C17H24BrNO. The highest BCUT2D eigenvalue weighted by molar-refractivity contribution is 9.10. The number of hydrogen-bond acceptors (Lipinski definition) is 2. The van der Waals surface area contributed by atoms with E-state index in [4.69, 9.17) is 4.74 Å². The van der Waals surface area contributed by atoms with Crippen LogP contribution in [0.5, 0.6) is 5.75 Å². The minimum atomic E-state index is 0.760. The fraction of sp³-hybridized carbons (Fsp3) is 0.647. The van der Waals surface area contributed by atoms with Gasteiger partial charge in [-0.05, 0) is 74.6 Å². The zero-order valence-corrected chi connectivity index (χ0v) is 14.0. The average Bonchev–Trinajstić information content (AvgIpc) is 3.26. The topological polar surface area (TPSA) is 21.3 Å². The van der Waals surface area contributed by atoms with Crippen molar-refractivity contribution in [3.8, 4) is 5.75 Å². The summed E-state index contributed by atoms with van der Waals surface area (Å²) < 4.78 is 7.08. The van der Waals surface area contributed by atoms with Crippen LogP contribution in [0.1, 0.15) is 36.8 Å². The maximum atomic E-state index is 5.89. The van der Waals surface area contributed by atoms with Gasteiger partial charge < -0.3 is 10.1 Å². The molecule has 2 fully saturated rings. The normalized spacial score (nSPS) is 18.6. The molecule has 110 valence electrons. The molecule has 3 rings (SSSR count). The molecule has 2 aliphatic carbocycles. The second-order valence-electron chi connectivity index (χ2n) is 6.37. The van der Waals surface area contributed by atoms with Crippen LogP contribution in [0.2, 0.25) is 0 Å². The number of nitrogens with one attached hydrogen (secondary N) is 1. The standard InChI is InChI=1S/C17H24BrNO/c1-11-9-15(10-12(2)16(11)18)20-8-7-19-17(13-3-4-13)14-5-6-14/h9-10,13-14,17,19H,3-8H2,1-2H3. The minimum absolute atomic E-state index is 0.760. The van der Waals surface area contributed by atoms with E-state index in [2.05, 4.69) is 47.2 Å². The molecule has 0 aromatic heterocycles. The highest BCUT2D eigenvalue weighted by Gasteiger charge is 2.40. The highest BCUT2D eigenvalue weighted by Crippen LogP contribution is 2.44. The van der Waals surface area contributed by atoms with Crippen LogP contribution in [-0.2, 0) is 0 Å². The Hall–Kier alpha value is -0.540. The second kappa shape index (κ2) is 6.07. The minimum Gasteiger partial charge on any atom is -0.492 e. The van der Waals surface area contributed by atoms with Gasteiger partial charge in [0.25, 0.3) is 0 Å². The van der Waals surface area contributed by atoms with E-state index >= 15 is 0 Å². The highest BCUT2D eigenvalue weighted by atomic mass is 79.9. The lowest BCUT2D eigenvalue weighted by Crippen LogP contribution is -2.36. The van der Waals surface area contributed by atoms with Crippen LogP contribution in [-0.4, -0.2) is 19.2 Å². The molecule has 2 aliphatic rings. The van der Waals surface area contributed by atoms with Crippen molar-refractivity contribution in [2.24, 2.45) is 11.8 Å². The van der Waals surface area contributed by atoms with Crippen LogP contribution < -0.4 is 10.1 Å². The molecule has 0 aliphatic heterocycles. The first-order chi connectivity index (χ1) is 9.65. The van der Waals surface area contributed by atoms with Crippen molar-refractivity contribution in [2.45, 2.75) is 45.6 Å². The predicted octanol–water partition coefficient (Wildman–Crippen LogP) is 4.22. The van der Waals surface area contributed by atoms with Gasteiger partial charge in [0.2, 0.25) is 0 Å². The van der Waals surface area contributed by atoms with Gasteiger partial charge in [-0.2, -0.15) is 0 Å². The molecule has 1 aromatic carbocycles. The summed E-state index contributed by atoms with van der Waals surface area (Å²) in [7, 11) is 0. The molecule has 3 heteroatoms. The number of hydrogen-bond donors (Lipinski definition) is 1. The average molecular weight is 338 g/mol. The number of ether oxygens (including phenoxy) is 1. The fourth-order valence-corrected chi connectivity index (χ4v) is 3.24. The molecule has 1 aromatic rings. The summed E-state index contributed by atoms with van der Waals surface area (Å²) in [6.45, 7) is 5.94. The summed E-state index contributed by atoms with van der Waals surface area (Å²) in [5, 5.41) is 3.72. The number of rotatable bonds is 7. The molecule has 20 heavy (non-hydrogen) atoms. The van der Waals surface area contributed by atoms with Gasteiger partial charge in [-0.25, -0.2) is 0 Å². The lowest BCUT2D eigenvalue weighted by atomic mass is 10.1. The van der Waals surface area contributed by atoms with Crippen LogP contribution in [0.4, 0.5) is 0 Å². The van der Waals surface area contributed by atoms with E-state index in [1.807, 2.05) is 0 Å². The largest absolute Gasteiger partial charge is 0.492 e.